The smallest absolute Gasteiger partial charge is 0.326 e. The summed E-state index contributed by atoms with van der Waals surface area (Å²) in [6.07, 6.45) is 3.30. The van der Waals surface area contributed by atoms with Crippen LogP contribution in [0, 0.1) is 0 Å². The molecule has 1 N–H and O–H groups in total. The number of urea groups is 1. The standard InChI is InChI=1S/C15H22N2O3S/c1-2-16(11-12-7-6-10-21-12)15(20)17-9-5-3-4-8-13(17)14(18)19/h6-7,10,13H,2-5,8-9,11H2,1H3,(H,18,19). The maximum Gasteiger partial charge on any atom is 0.326 e. The Morgan fingerprint density at radius 1 is 1.43 bits per heavy atom. The van der Waals surface area contributed by atoms with Crippen molar-refractivity contribution in [2.45, 2.75) is 45.2 Å². The van der Waals surface area contributed by atoms with Crippen LogP contribution in [0.25, 0.3) is 0 Å². The SMILES string of the molecule is CCN(Cc1cccs1)C(=O)N1CCCCCC1C(=O)O. The van der Waals surface area contributed by atoms with Gasteiger partial charge in [0.25, 0.3) is 0 Å². The molecule has 1 atom stereocenters. The number of rotatable bonds is 4. The van der Waals surface area contributed by atoms with E-state index in [1.54, 1.807) is 21.1 Å². The van der Waals surface area contributed by atoms with E-state index in [1.807, 2.05) is 24.4 Å². The minimum Gasteiger partial charge on any atom is -0.480 e. The fourth-order valence-electron chi connectivity index (χ4n) is 2.68. The molecule has 2 rings (SSSR count). The Hall–Kier alpha value is -1.56. The highest BCUT2D eigenvalue weighted by Crippen LogP contribution is 2.20. The van der Waals surface area contributed by atoms with Crippen LogP contribution in [0.2, 0.25) is 0 Å². The normalized spacial score (nSPS) is 19.1. The number of carboxylic acid groups (broad SMARTS) is 1. The molecule has 1 unspecified atom stereocenters. The molecule has 1 aromatic heterocycles. The largest absolute Gasteiger partial charge is 0.480 e. The van der Waals surface area contributed by atoms with Gasteiger partial charge in [-0.2, -0.15) is 0 Å². The summed E-state index contributed by atoms with van der Waals surface area (Å²) in [5.74, 6) is -0.891. The molecule has 1 aliphatic rings. The Bertz CT molecular complexity index is 475. The van der Waals surface area contributed by atoms with Crippen molar-refractivity contribution in [3.05, 3.63) is 22.4 Å². The number of nitrogens with zero attached hydrogens (tertiary/aromatic N) is 2. The topological polar surface area (TPSA) is 60.9 Å². The predicted octanol–water partition coefficient (Wildman–Crippen LogP) is 3.02. The summed E-state index contributed by atoms with van der Waals surface area (Å²) in [6, 6.07) is 3.12. The van der Waals surface area contributed by atoms with E-state index in [0.717, 1.165) is 24.1 Å². The van der Waals surface area contributed by atoms with Gasteiger partial charge in [0.05, 0.1) is 6.54 Å². The van der Waals surface area contributed by atoms with E-state index in [0.29, 0.717) is 26.1 Å². The molecule has 2 amide bonds. The first-order chi connectivity index (χ1) is 10.1. The van der Waals surface area contributed by atoms with E-state index < -0.39 is 12.0 Å². The van der Waals surface area contributed by atoms with Gasteiger partial charge < -0.3 is 14.9 Å². The number of hydrogen-bond acceptors (Lipinski definition) is 3. The van der Waals surface area contributed by atoms with E-state index in [-0.39, 0.29) is 6.03 Å². The molecule has 0 aliphatic carbocycles. The van der Waals surface area contributed by atoms with Gasteiger partial charge >= 0.3 is 12.0 Å². The molecule has 21 heavy (non-hydrogen) atoms. The second kappa shape index (κ2) is 7.45. The van der Waals surface area contributed by atoms with Gasteiger partial charge in [-0.3, -0.25) is 0 Å². The molecule has 6 heteroatoms. The summed E-state index contributed by atoms with van der Waals surface area (Å²) in [7, 11) is 0. The summed E-state index contributed by atoms with van der Waals surface area (Å²) in [5.41, 5.74) is 0. The van der Waals surface area contributed by atoms with Gasteiger partial charge in [-0.15, -0.1) is 11.3 Å². The molecule has 0 saturated carbocycles. The first-order valence-electron chi connectivity index (χ1n) is 7.44. The van der Waals surface area contributed by atoms with Crippen LogP contribution >= 0.6 is 11.3 Å². The summed E-state index contributed by atoms with van der Waals surface area (Å²) in [4.78, 5) is 28.6. The first-order valence-corrected chi connectivity index (χ1v) is 8.32. The number of thiophene rings is 1. The number of carbonyl (C=O) groups is 2. The van der Waals surface area contributed by atoms with Crippen molar-refractivity contribution in [2.75, 3.05) is 13.1 Å². The maximum absolute atomic E-state index is 12.7. The third-order valence-corrected chi connectivity index (χ3v) is 4.72. The lowest BCUT2D eigenvalue weighted by atomic mass is 10.1. The zero-order valence-corrected chi connectivity index (χ0v) is 13.1. The summed E-state index contributed by atoms with van der Waals surface area (Å²) >= 11 is 1.61. The van der Waals surface area contributed by atoms with Gasteiger partial charge in [-0.05, 0) is 31.2 Å². The number of amides is 2. The third kappa shape index (κ3) is 3.97. The lowest BCUT2D eigenvalue weighted by Crippen LogP contribution is -2.50. The fraction of sp³-hybridized carbons (Fsp3) is 0.600. The lowest BCUT2D eigenvalue weighted by Gasteiger charge is -2.32. The molecule has 0 bridgehead atoms. The average Bonchev–Trinajstić information content (AvgIpc) is 2.85. The number of hydrogen-bond donors (Lipinski definition) is 1. The monoisotopic (exact) mass is 310 g/mol. The average molecular weight is 310 g/mol. The minimum atomic E-state index is -0.891. The van der Waals surface area contributed by atoms with Crippen LogP contribution in [0.15, 0.2) is 17.5 Å². The highest BCUT2D eigenvalue weighted by Gasteiger charge is 2.32. The summed E-state index contributed by atoms with van der Waals surface area (Å²) < 4.78 is 0. The Morgan fingerprint density at radius 3 is 2.86 bits per heavy atom. The Kier molecular flexibility index (Phi) is 5.61. The van der Waals surface area contributed by atoms with Crippen molar-refractivity contribution >= 4 is 23.3 Å². The highest BCUT2D eigenvalue weighted by atomic mass is 32.1. The van der Waals surface area contributed by atoms with Gasteiger partial charge in [0, 0.05) is 18.0 Å². The van der Waals surface area contributed by atoms with E-state index >= 15 is 0 Å². The van der Waals surface area contributed by atoms with Crippen LogP contribution in [-0.2, 0) is 11.3 Å². The van der Waals surface area contributed by atoms with Crippen molar-refractivity contribution in [3.8, 4) is 0 Å². The first kappa shape index (κ1) is 15.8. The maximum atomic E-state index is 12.7. The van der Waals surface area contributed by atoms with E-state index in [1.165, 1.54) is 0 Å². The van der Waals surface area contributed by atoms with Gasteiger partial charge in [0.1, 0.15) is 6.04 Å². The van der Waals surface area contributed by atoms with Gasteiger partial charge in [-0.25, -0.2) is 9.59 Å². The number of likely N-dealkylation sites (tertiary alicyclic amines) is 1. The Morgan fingerprint density at radius 2 is 2.24 bits per heavy atom. The van der Waals surface area contributed by atoms with Gasteiger partial charge in [0.2, 0.25) is 0 Å². The zero-order chi connectivity index (χ0) is 15.2. The van der Waals surface area contributed by atoms with Crippen LogP contribution in [-0.4, -0.2) is 46.0 Å². The summed E-state index contributed by atoms with van der Waals surface area (Å²) in [5, 5.41) is 11.4. The molecule has 2 heterocycles. The van der Waals surface area contributed by atoms with Crippen LogP contribution in [0.4, 0.5) is 4.79 Å². The van der Waals surface area contributed by atoms with Crippen LogP contribution in [0.1, 0.15) is 37.5 Å². The minimum absolute atomic E-state index is 0.153. The molecule has 116 valence electrons. The van der Waals surface area contributed by atoms with Crippen LogP contribution in [0.3, 0.4) is 0 Å². The molecule has 0 spiro atoms. The van der Waals surface area contributed by atoms with Crippen molar-refractivity contribution < 1.29 is 14.7 Å². The third-order valence-electron chi connectivity index (χ3n) is 3.86. The molecule has 1 aromatic rings. The number of carbonyl (C=O) groups excluding carboxylic acids is 1. The Labute approximate surface area is 129 Å². The van der Waals surface area contributed by atoms with Gasteiger partial charge in [0.15, 0.2) is 0 Å². The highest BCUT2D eigenvalue weighted by molar-refractivity contribution is 7.09. The molecule has 1 fully saturated rings. The molecule has 1 aliphatic heterocycles. The van der Waals surface area contributed by atoms with E-state index in [2.05, 4.69) is 0 Å². The summed E-state index contributed by atoms with van der Waals surface area (Å²) in [6.45, 7) is 3.60. The van der Waals surface area contributed by atoms with Crippen LogP contribution in [0.5, 0.6) is 0 Å². The van der Waals surface area contributed by atoms with Crippen LogP contribution < -0.4 is 0 Å². The fourth-order valence-corrected chi connectivity index (χ4v) is 3.40. The quantitative estimate of drug-likeness (QED) is 0.930. The second-order valence-corrected chi connectivity index (χ2v) is 6.31. The molecule has 1 saturated heterocycles. The zero-order valence-electron chi connectivity index (χ0n) is 12.3. The van der Waals surface area contributed by atoms with Gasteiger partial charge in [-0.1, -0.05) is 18.9 Å². The predicted molar refractivity (Wildman–Crippen MR) is 82.4 cm³/mol. The second-order valence-electron chi connectivity index (χ2n) is 5.27. The van der Waals surface area contributed by atoms with Crippen molar-refractivity contribution in [1.82, 2.24) is 9.80 Å². The number of carboxylic acids is 1. The van der Waals surface area contributed by atoms with E-state index in [9.17, 15) is 14.7 Å². The van der Waals surface area contributed by atoms with Crippen molar-refractivity contribution in [1.29, 1.82) is 0 Å². The van der Waals surface area contributed by atoms with Crippen molar-refractivity contribution in [3.63, 3.8) is 0 Å². The molecular formula is C15H22N2O3S. The molecule has 5 nitrogen and oxygen atoms in total. The molecular weight excluding hydrogens is 288 g/mol. The Balaban J connectivity index is 2.11. The van der Waals surface area contributed by atoms with E-state index in [4.69, 9.17) is 0 Å². The molecule has 0 radical (unpaired) electrons. The number of aliphatic carboxylic acids is 1. The lowest BCUT2D eigenvalue weighted by molar-refractivity contribution is -0.142. The van der Waals surface area contributed by atoms with Crippen molar-refractivity contribution in [2.24, 2.45) is 0 Å². The molecule has 0 aromatic carbocycles.